The van der Waals surface area contributed by atoms with Crippen molar-refractivity contribution in [2.75, 3.05) is 39.4 Å². The Labute approximate surface area is 147 Å². The highest BCUT2D eigenvalue weighted by atomic mass is 32.1. The molecule has 2 aliphatic heterocycles. The van der Waals surface area contributed by atoms with E-state index in [0.29, 0.717) is 5.17 Å². The van der Waals surface area contributed by atoms with Crippen molar-refractivity contribution in [2.24, 2.45) is 0 Å². The number of ether oxygens (including phenoxy) is 2. The fourth-order valence-corrected chi connectivity index (χ4v) is 3.71. The molecule has 24 heavy (non-hydrogen) atoms. The predicted octanol–water partition coefficient (Wildman–Crippen LogP) is 3.04. The summed E-state index contributed by atoms with van der Waals surface area (Å²) in [5.74, 6) is 0.906. The van der Waals surface area contributed by atoms with Gasteiger partial charge in [0.15, 0.2) is 0 Å². The van der Waals surface area contributed by atoms with Gasteiger partial charge in [-0.05, 0) is 35.5 Å². The molecule has 0 unspecified atom stereocenters. The van der Waals surface area contributed by atoms with Crippen LogP contribution in [0.15, 0.2) is 36.4 Å². The van der Waals surface area contributed by atoms with E-state index in [1.165, 1.54) is 16.3 Å². The second kappa shape index (κ2) is 7.05. The summed E-state index contributed by atoms with van der Waals surface area (Å²) in [4.78, 5) is 4.64. The van der Waals surface area contributed by atoms with Crippen LogP contribution in [0.25, 0.3) is 10.8 Å². The molecule has 2 aliphatic rings. The van der Waals surface area contributed by atoms with Crippen molar-refractivity contribution < 1.29 is 9.47 Å². The van der Waals surface area contributed by atoms with Gasteiger partial charge in [0.25, 0.3) is 5.17 Å². The topological polar surface area (TPSA) is 24.9 Å². The lowest BCUT2D eigenvalue weighted by Gasteiger charge is -2.32. The first-order valence-electron chi connectivity index (χ1n) is 8.59. The van der Waals surface area contributed by atoms with E-state index in [1.807, 2.05) is 6.07 Å². The van der Waals surface area contributed by atoms with Gasteiger partial charge in [-0.25, -0.2) is 0 Å². The van der Waals surface area contributed by atoms with E-state index in [-0.39, 0.29) is 0 Å². The van der Waals surface area contributed by atoms with Gasteiger partial charge in [0.05, 0.1) is 19.8 Å². The van der Waals surface area contributed by atoms with Crippen LogP contribution in [0.2, 0.25) is 0 Å². The first-order chi connectivity index (χ1) is 11.8. The molecule has 2 heterocycles. The summed E-state index contributed by atoms with van der Waals surface area (Å²) in [5.41, 5.74) is 1.24. The molecule has 0 atom stereocenters. The van der Waals surface area contributed by atoms with Gasteiger partial charge in [-0.3, -0.25) is 4.90 Å². The van der Waals surface area contributed by atoms with Crippen LogP contribution in [0, 0.1) is 0 Å². The fraction of sp³-hybridized carbons (Fsp3) is 0.421. The monoisotopic (exact) mass is 342 g/mol. The van der Waals surface area contributed by atoms with Crippen molar-refractivity contribution in [1.29, 1.82) is 0 Å². The Bertz CT molecular complexity index is 743. The third kappa shape index (κ3) is 3.24. The smallest absolute Gasteiger partial charge is 0.265 e. The first kappa shape index (κ1) is 15.8. The van der Waals surface area contributed by atoms with Crippen LogP contribution in [0.1, 0.15) is 12.0 Å². The Morgan fingerprint density at radius 3 is 2.71 bits per heavy atom. The minimum Gasteiger partial charge on any atom is -0.431 e. The van der Waals surface area contributed by atoms with Gasteiger partial charge in [0, 0.05) is 31.7 Å². The molecule has 0 N–H and O–H groups in total. The lowest BCUT2D eigenvalue weighted by atomic mass is 10.0. The predicted molar refractivity (Wildman–Crippen MR) is 99.5 cm³/mol. The second-order valence-electron chi connectivity index (χ2n) is 6.36. The number of rotatable bonds is 4. The van der Waals surface area contributed by atoms with Crippen molar-refractivity contribution in [2.45, 2.75) is 13.0 Å². The maximum Gasteiger partial charge on any atom is 0.265 e. The summed E-state index contributed by atoms with van der Waals surface area (Å²) in [6.07, 6.45) is 1.09. The molecule has 0 saturated carbocycles. The Hall–Kier alpha value is -1.69. The Kier molecular flexibility index (Phi) is 4.65. The summed E-state index contributed by atoms with van der Waals surface area (Å²) in [6.45, 7) is 6.63. The molecule has 0 aromatic heterocycles. The van der Waals surface area contributed by atoms with Crippen LogP contribution in [-0.4, -0.2) is 54.4 Å². The molecule has 4 rings (SSSR count). The van der Waals surface area contributed by atoms with Gasteiger partial charge in [-0.1, -0.05) is 30.3 Å². The maximum atomic E-state index is 5.92. The van der Waals surface area contributed by atoms with Gasteiger partial charge in [-0.15, -0.1) is 0 Å². The summed E-state index contributed by atoms with van der Waals surface area (Å²) >= 11 is 5.47. The zero-order valence-corrected chi connectivity index (χ0v) is 14.6. The molecular weight excluding hydrogens is 320 g/mol. The molecule has 0 aliphatic carbocycles. The van der Waals surface area contributed by atoms with Crippen LogP contribution in [0.3, 0.4) is 0 Å². The van der Waals surface area contributed by atoms with Gasteiger partial charge in [0.2, 0.25) is 0 Å². The highest BCUT2D eigenvalue weighted by Crippen LogP contribution is 2.32. The Morgan fingerprint density at radius 1 is 1.00 bits per heavy atom. The number of morpholine rings is 1. The van der Waals surface area contributed by atoms with E-state index >= 15 is 0 Å². The zero-order chi connectivity index (χ0) is 16.4. The van der Waals surface area contributed by atoms with Gasteiger partial charge in [-0.2, -0.15) is 0 Å². The lowest BCUT2D eigenvalue weighted by Crippen LogP contribution is -2.40. The zero-order valence-electron chi connectivity index (χ0n) is 13.7. The van der Waals surface area contributed by atoms with Gasteiger partial charge < -0.3 is 14.4 Å². The maximum absolute atomic E-state index is 5.92. The van der Waals surface area contributed by atoms with Crippen molar-refractivity contribution >= 4 is 28.2 Å². The molecule has 1 fully saturated rings. The van der Waals surface area contributed by atoms with Crippen molar-refractivity contribution in [1.82, 2.24) is 9.80 Å². The fourth-order valence-electron chi connectivity index (χ4n) is 3.47. The highest BCUT2D eigenvalue weighted by molar-refractivity contribution is 7.80. The molecule has 0 radical (unpaired) electrons. The molecule has 2 aromatic rings. The van der Waals surface area contributed by atoms with E-state index in [0.717, 1.165) is 58.1 Å². The molecule has 0 amide bonds. The molecule has 0 bridgehead atoms. The standard InChI is InChI=1S/C19H22N2O2S/c24-19-21(9-3-8-20-10-12-22-13-11-20)14-17-16-5-2-1-4-15(16)6-7-18(17)23-19/h1-2,4-7H,3,8-14H2. The molecule has 126 valence electrons. The second-order valence-corrected chi connectivity index (χ2v) is 6.71. The highest BCUT2D eigenvalue weighted by Gasteiger charge is 2.23. The summed E-state index contributed by atoms with van der Waals surface area (Å²) < 4.78 is 11.3. The Balaban J connectivity index is 1.44. The molecule has 5 heteroatoms. The van der Waals surface area contributed by atoms with Gasteiger partial charge in [0.1, 0.15) is 5.75 Å². The van der Waals surface area contributed by atoms with Crippen molar-refractivity contribution in [3.8, 4) is 5.75 Å². The van der Waals surface area contributed by atoms with Crippen LogP contribution in [0.4, 0.5) is 0 Å². The van der Waals surface area contributed by atoms with E-state index in [2.05, 4.69) is 40.1 Å². The number of fused-ring (bicyclic) bond motifs is 3. The summed E-state index contributed by atoms with van der Waals surface area (Å²) in [6, 6.07) is 12.6. The minimum atomic E-state index is 0.597. The molecule has 1 saturated heterocycles. The molecular formula is C19H22N2O2S. The SMILES string of the molecule is S=C1Oc2ccc3ccccc3c2CN1CCCN1CCOCC1. The van der Waals surface area contributed by atoms with Gasteiger partial charge >= 0.3 is 0 Å². The van der Waals surface area contributed by atoms with Crippen LogP contribution in [0.5, 0.6) is 5.75 Å². The normalized spacial score (nSPS) is 18.5. The van der Waals surface area contributed by atoms with E-state index in [9.17, 15) is 0 Å². The van der Waals surface area contributed by atoms with E-state index in [1.54, 1.807) is 0 Å². The number of hydrogen-bond acceptors (Lipinski definition) is 4. The summed E-state index contributed by atoms with van der Waals surface area (Å²) in [5, 5.41) is 3.11. The third-order valence-corrected chi connectivity index (χ3v) is 5.15. The van der Waals surface area contributed by atoms with Crippen LogP contribution >= 0.6 is 12.2 Å². The average molecular weight is 342 g/mol. The summed E-state index contributed by atoms with van der Waals surface area (Å²) in [7, 11) is 0. The van der Waals surface area contributed by atoms with Crippen molar-refractivity contribution in [3.05, 3.63) is 42.0 Å². The van der Waals surface area contributed by atoms with E-state index < -0.39 is 0 Å². The molecule has 4 nitrogen and oxygen atoms in total. The molecule has 0 spiro atoms. The first-order valence-corrected chi connectivity index (χ1v) is 8.99. The van der Waals surface area contributed by atoms with E-state index in [4.69, 9.17) is 21.7 Å². The number of nitrogens with zero attached hydrogens (tertiary/aromatic N) is 2. The van der Waals surface area contributed by atoms with Crippen molar-refractivity contribution in [3.63, 3.8) is 0 Å². The number of benzene rings is 2. The third-order valence-electron chi connectivity index (χ3n) is 4.81. The molecule has 2 aromatic carbocycles. The lowest BCUT2D eigenvalue weighted by molar-refractivity contribution is 0.0366. The van der Waals surface area contributed by atoms with Crippen LogP contribution in [-0.2, 0) is 11.3 Å². The number of hydrogen-bond donors (Lipinski definition) is 0. The Morgan fingerprint density at radius 2 is 1.83 bits per heavy atom. The van der Waals surface area contributed by atoms with Crippen LogP contribution < -0.4 is 4.74 Å². The average Bonchev–Trinajstić information content (AvgIpc) is 2.63. The number of thiocarbonyl (C=S) groups is 1. The largest absolute Gasteiger partial charge is 0.431 e. The minimum absolute atomic E-state index is 0.597. The quantitative estimate of drug-likeness (QED) is 0.796.